The summed E-state index contributed by atoms with van der Waals surface area (Å²) in [6.07, 6.45) is 3.25. The van der Waals surface area contributed by atoms with E-state index in [2.05, 4.69) is 20.3 Å². The highest BCUT2D eigenvalue weighted by atomic mass is 35.5. The Morgan fingerprint density at radius 2 is 2.03 bits per heavy atom. The van der Waals surface area contributed by atoms with Gasteiger partial charge >= 0.3 is 0 Å². The Morgan fingerprint density at radius 1 is 1.20 bits per heavy atom. The van der Waals surface area contributed by atoms with E-state index >= 15 is 0 Å². The number of carbonyl (C=O) groups is 1. The summed E-state index contributed by atoms with van der Waals surface area (Å²) in [6.45, 7) is 0.616. The molecule has 4 aromatic rings. The van der Waals surface area contributed by atoms with Crippen molar-refractivity contribution < 1.29 is 13.7 Å². The van der Waals surface area contributed by atoms with Crippen LogP contribution in [0.5, 0.6) is 0 Å². The smallest absolute Gasteiger partial charge is 0.230 e. The lowest BCUT2D eigenvalue weighted by atomic mass is 10.0. The Hall–Kier alpha value is -3.26. The zero-order valence-corrected chi connectivity index (χ0v) is 16.6. The van der Waals surface area contributed by atoms with Crippen LogP contribution in [-0.4, -0.2) is 32.8 Å². The minimum absolute atomic E-state index is 0.00249. The third-order valence-electron chi connectivity index (χ3n) is 5.39. The van der Waals surface area contributed by atoms with Crippen molar-refractivity contribution in [2.75, 3.05) is 11.4 Å². The van der Waals surface area contributed by atoms with Crippen molar-refractivity contribution in [2.24, 2.45) is 0 Å². The number of fused-ring (bicyclic) bond motifs is 1. The van der Waals surface area contributed by atoms with Gasteiger partial charge in [-0.25, -0.2) is 4.39 Å². The maximum absolute atomic E-state index is 13.9. The second kappa shape index (κ2) is 7.53. The summed E-state index contributed by atoms with van der Waals surface area (Å²) in [5, 5.41) is 11.7. The van der Waals surface area contributed by atoms with Crippen LogP contribution >= 0.6 is 11.6 Å². The fourth-order valence-electron chi connectivity index (χ4n) is 3.85. The van der Waals surface area contributed by atoms with Gasteiger partial charge in [0.25, 0.3) is 0 Å². The highest BCUT2D eigenvalue weighted by molar-refractivity contribution is 6.30. The van der Waals surface area contributed by atoms with Gasteiger partial charge in [0.1, 0.15) is 5.82 Å². The molecular formula is C21H17ClFN5O2. The summed E-state index contributed by atoms with van der Waals surface area (Å²) in [5.74, 6) is 0.202. The molecule has 30 heavy (non-hydrogen) atoms. The van der Waals surface area contributed by atoms with Gasteiger partial charge in [-0.3, -0.25) is 9.89 Å². The van der Waals surface area contributed by atoms with Crippen LogP contribution in [0.25, 0.3) is 22.3 Å². The third kappa shape index (κ3) is 3.33. The first-order valence-corrected chi connectivity index (χ1v) is 9.99. The molecular weight excluding hydrogens is 409 g/mol. The number of amides is 1. The van der Waals surface area contributed by atoms with Crippen molar-refractivity contribution in [3.05, 3.63) is 59.3 Å². The molecule has 0 bridgehead atoms. The lowest BCUT2D eigenvalue weighted by molar-refractivity contribution is -0.118. The Morgan fingerprint density at radius 3 is 2.87 bits per heavy atom. The van der Waals surface area contributed by atoms with E-state index in [4.69, 9.17) is 16.1 Å². The number of rotatable bonds is 3. The average molecular weight is 426 g/mol. The van der Waals surface area contributed by atoms with E-state index in [9.17, 15) is 9.18 Å². The van der Waals surface area contributed by atoms with Gasteiger partial charge in [-0.1, -0.05) is 16.8 Å². The second-order valence-electron chi connectivity index (χ2n) is 7.27. The number of nitrogens with one attached hydrogen (secondary N) is 1. The number of H-pyrrole nitrogens is 1. The maximum atomic E-state index is 13.9. The monoisotopic (exact) mass is 425 g/mol. The van der Waals surface area contributed by atoms with E-state index in [1.807, 2.05) is 12.1 Å². The molecule has 1 saturated heterocycles. The minimum atomic E-state index is -0.372. The molecule has 152 valence electrons. The lowest BCUT2D eigenvalue weighted by Crippen LogP contribution is -2.30. The van der Waals surface area contributed by atoms with Crippen LogP contribution in [0.2, 0.25) is 5.02 Å². The topological polar surface area (TPSA) is 87.9 Å². The van der Waals surface area contributed by atoms with Crippen molar-refractivity contribution in [1.29, 1.82) is 0 Å². The van der Waals surface area contributed by atoms with E-state index in [1.54, 1.807) is 23.1 Å². The van der Waals surface area contributed by atoms with Crippen LogP contribution in [0.4, 0.5) is 10.1 Å². The number of hydrogen-bond donors (Lipinski definition) is 1. The molecule has 7 nitrogen and oxygen atoms in total. The minimum Gasteiger partial charge on any atom is -0.339 e. The normalized spacial score (nSPS) is 17.5. The molecule has 1 amide bonds. The largest absolute Gasteiger partial charge is 0.339 e. The molecule has 1 N–H and O–H groups in total. The SMILES string of the molecule is O=C1CC(c2nc(-c3ccc(F)c4cn[nH]c34)no2)CCCN1c1ccc(Cl)cc1. The number of nitrogens with zero attached hydrogens (tertiary/aromatic N) is 4. The first kappa shape index (κ1) is 18.7. The zero-order valence-electron chi connectivity index (χ0n) is 15.8. The lowest BCUT2D eigenvalue weighted by Gasteiger charge is -2.20. The number of anilines is 1. The summed E-state index contributed by atoms with van der Waals surface area (Å²) in [6, 6.07) is 10.2. The van der Waals surface area contributed by atoms with E-state index < -0.39 is 0 Å². The molecule has 1 aliphatic rings. The summed E-state index contributed by atoms with van der Waals surface area (Å²) >= 11 is 5.95. The molecule has 2 aromatic heterocycles. The van der Waals surface area contributed by atoms with Crippen LogP contribution in [0.1, 0.15) is 31.1 Å². The average Bonchev–Trinajstić information content (AvgIpc) is 3.38. The van der Waals surface area contributed by atoms with Gasteiger partial charge in [0, 0.05) is 35.2 Å². The molecule has 0 saturated carbocycles. The van der Waals surface area contributed by atoms with Crippen LogP contribution in [0.15, 0.2) is 47.1 Å². The fraction of sp³-hybridized carbons (Fsp3) is 0.238. The van der Waals surface area contributed by atoms with Crippen molar-refractivity contribution in [2.45, 2.75) is 25.2 Å². The Kier molecular flexibility index (Phi) is 4.71. The van der Waals surface area contributed by atoms with E-state index in [-0.39, 0.29) is 24.1 Å². The van der Waals surface area contributed by atoms with Gasteiger partial charge in [0.2, 0.25) is 17.6 Å². The first-order valence-electron chi connectivity index (χ1n) is 9.61. The van der Waals surface area contributed by atoms with Crippen LogP contribution in [-0.2, 0) is 4.79 Å². The molecule has 1 atom stereocenters. The van der Waals surface area contributed by atoms with Gasteiger partial charge in [0.05, 0.1) is 17.1 Å². The summed E-state index contributed by atoms with van der Waals surface area (Å²) < 4.78 is 19.4. The highest BCUT2D eigenvalue weighted by Crippen LogP contribution is 2.33. The zero-order chi connectivity index (χ0) is 20.7. The number of hydrogen-bond acceptors (Lipinski definition) is 5. The van der Waals surface area contributed by atoms with Crippen molar-refractivity contribution in [3.8, 4) is 11.4 Å². The number of carbonyl (C=O) groups excluding carboxylic acids is 1. The quantitative estimate of drug-likeness (QED) is 0.513. The Balaban J connectivity index is 1.40. The first-order chi connectivity index (χ1) is 14.6. The van der Waals surface area contributed by atoms with E-state index in [0.717, 1.165) is 18.5 Å². The van der Waals surface area contributed by atoms with Gasteiger partial charge in [0.15, 0.2) is 0 Å². The summed E-state index contributed by atoms with van der Waals surface area (Å²) in [4.78, 5) is 19.2. The third-order valence-corrected chi connectivity index (χ3v) is 5.64. The maximum Gasteiger partial charge on any atom is 0.230 e. The molecule has 9 heteroatoms. The molecule has 1 fully saturated rings. The van der Waals surface area contributed by atoms with Gasteiger partial charge < -0.3 is 9.42 Å². The Bertz CT molecular complexity index is 1220. The van der Waals surface area contributed by atoms with Crippen LogP contribution < -0.4 is 4.90 Å². The van der Waals surface area contributed by atoms with Crippen molar-refractivity contribution in [3.63, 3.8) is 0 Å². The molecule has 0 aliphatic carbocycles. The number of aromatic nitrogens is 4. The highest BCUT2D eigenvalue weighted by Gasteiger charge is 2.29. The number of halogens is 2. The van der Waals surface area contributed by atoms with Crippen LogP contribution in [0.3, 0.4) is 0 Å². The molecule has 2 aromatic carbocycles. The van der Waals surface area contributed by atoms with Gasteiger partial charge in [-0.2, -0.15) is 10.1 Å². The molecule has 0 radical (unpaired) electrons. The van der Waals surface area contributed by atoms with Gasteiger partial charge in [-0.05, 0) is 49.2 Å². The molecule has 1 aliphatic heterocycles. The molecule has 1 unspecified atom stereocenters. The predicted octanol–water partition coefficient (Wildman–Crippen LogP) is 4.71. The van der Waals surface area contributed by atoms with E-state index in [0.29, 0.717) is 39.7 Å². The fourth-order valence-corrected chi connectivity index (χ4v) is 3.97. The van der Waals surface area contributed by atoms with Crippen molar-refractivity contribution in [1.82, 2.24) is 20.3 Å². The standard InChI is InChI=1S/C21H17ClFN5O2/c22-13-3-5-14(6-4-13)28-9-1-2-12(10-18(28)29)21-25-20(27-30-21)15-7-8-17(23)16-11-24-26-19(15)16/h3-8,11-12H,1-2,9-10H2,(H,24,26). The summed E-state index contributed by atoms with van der Waals surface area (Å²) in [7, 11) is 0. The van der Waals surface area contributed by atoms with Gasteiger partial charge in [-0.15, -0.1) is 0 Å². The summed E-state index contributed by atoms with van der Waals surface area (Å²) in [5.41, 5.74) is 1.93. The molecule has 5 rings (SSSR count). The predicted molar refractivity (Wildman–Crippen MR) is 110 cm³/mol. The number of aromatic amines is 1. The van der Waals surface area contributed by atoms with E-state index in [1.165, 1.54) is 12.3 Å². The second-order valence-corrected chi connectivity index (χ2v) is 7.71. The molecule has 3 heterocycles. The number of benzene rings is 2. The Labute approximate surface area is 175 Å². The molecule has 0 spiro atoms. The van der Waals surface area contributed by atoms with Crippen LogP contribution in [0, 0.1) is 5.82 Å². The van der Waals surface area contributed by atoms with Crippen molar-refractivity contribution >= 4 is 34.1 Å².